The van der Waals surface area contributed by atoms with E-state index in [1.807, 2.05) is 0 Å². The number of alkyl halides is 2. The largest absolute Gasteiger partial charge is 0.378 e. The summed E-state index contributed by atoms with van der Waals surface area (Å²) in [6, 6.07) is 7.49. The summed E-state index contributed by atoms with van der Waals surface area (Å²) in [5.74, 6) is -0.972. The number of halogens is 4. The Balaban J connectivity index is 1.39. The lowest BCUT2D eigenvalue weighted by Crippen LogP contribution is -2.48. The van der Waals surface area contributed by atoms with Gasteiger partial charge in [0.15, 0.2) is 5.60 Å². The van der Waals surface area contributed by atoms with Crippen molar-refractivity contribution in [3.63, 3.8) is 0 Å². The zero-order chi connectivity index (χ0) is 28.3. The van der Waals surface area contributed by atoms with Gasteiger partial charge in [0.05, 0.1) is 29.5 Å². The molecule has 1 aromatic carbocycles. The molecule has 1 aliphatic rings. The maximum Gasteiger partial charge on any atom is 0.323 e. The molecule has 4 aromatic rings. The van der Waals surface area contributed by atoms with E-state index in [0.717, 1.165) is 35.4 Å². The Labute approximate surface area is 229 Å². The lowest BCUT2D eigenvalue weighted by molar-refractivity contribution is -0.207. The van der Waals surface area contributed by atoms with Crippen molar-refractivity contribution in [3.8, 4) is 11.8 Å². The van der Waals surface area contributed by atoms with E-state index in [0.29, 0.717) is 42.1 Å². The van der Waals surface area contributed by atoms with Crippen LogP contribution in [0.2, 0.25) is 0 Å². The standard InChI is InChI=1S/C26H20F4N6O3S/c27-18-3-6-20(21(28)13-18)25(38,15-36-16-32-33-34-36)26(29,30)23-8-2-17(14-31-23)1-4-19-5-7-22(40-19)24(37)35-9-11-39-12-10-35/h2-3,5-8,13-14,16,38H,9-12,15H2. The first-order chi connectivity index (χ1) is 19.2. The van der Waals surface area contributed by atoms with Crippen LogP contribution in [0.3, 0.4) is 0 Å². The molecule has 206 valence electrons. The highest BCUT2D eigenvalue weighted by molar-refractivity contribution is 7.14. The zero-order valence-corrected chi connectivity index (χ0v) is 21.4. The van der Waals surface area contributed by atoms with E-state index in [2.05, 4.69) is 32.4 Å². The van der Waals surface area contributed by atoms with E-state index < -0.39 is 41.0 Å². The quantitative estimate of drug-likeness (QED) is 0.280. The third-order valence-electron chi connectivity index (χ3n) is 6.21. The summed E-state index contributed by atoms with van der Waals surface area (Å²) in [7, 11) is 0. The fourth-order valence-electron chi connectivity index (χ4n) is 4.11. The van der Waals surface area contributed by atoms with Crippen LogP contribution < -0.4 is 0 Å². The van der Waals surface area contributed by atoms with Crippen molar-refractivity contribution >= 4 is 17.2 Å². The second-order valence-electron chi connectivity index (χ2n) is 8.82. The van der Waals surface area contributed by atoms with E-state index in [9.17, 15) is 18.7 Å². The molecule has 4 heterocycles. The number of benzene rings is 1. The number of pyridine rings is 1. The van der Waals surface area contributed by atoms with Gasteiger partial charge in [0.1, 0.15) is 23.7 Å². The number of amides is 1. The van der Waals surface area contributed by atoms with Crippen molar-refractivity contribution < 1.29 is 32.2 Å². The van der Waals surface area contributed by atoms with E-state index in [1.165, 1.54) is 17.4 Å². The summed E-state index contributed by atoms with van der Waals surface area (Å²) in [6.45, 7) is 1.04. The molecular weight excluding hydrogens is 552 g/mol. The molecule has 1 unspecified atom stereocenters. The molecule has 1 saturated heterocycles. The zero-order valence-electron chi connectivity index (χ0n) is 20.6. The topological polar surface area (TPSA) is 106 Å². The normalized spacial score (nSPS) is 15.3. The maximum absolute atomic E-state index is 15.8. The summed E-state index contributed by atoms with van der Waals surface area (Å²) in [5.41, 5.74) is -4.70. The molecule has 0 radical (unpaired) electrons. The van der Waals surface area contributed by atoms with Crippen molar-refractivity contribution in [2.24, 2.45) is 0 Å². The number of hydrogen-bond acceptors (Lipinski definition) is 8. The second kappa shape index (κ2) is 11.1. The van der Waals surface area contributed by atoms with Crippen LogP contribution in [0.5, 0.6) is 0 Å². The Kier molecular flexibility index (Phi) is 7.61. The van der Waals surface area contributed by atoms with Crippen LogP contribution in [0.1, 0.15) is 31.4 Å². The molecule has 14 heteroatoms. The highest BCUT2D eigenvalue weighted by atomic mass is 32.1. The highest BCUT2D eigenvalue weighted by Gasteiger charge is 2.58. The van der Waals surface area contributed by atoms with Crippen molar-refractivity contribution in [1.29, 1.82) is 0 Å². The molecular formula is C26H20F4N6O3S. The van der Waals surface area contributed by atoms with Gasteiger partial charge < -0.3 is 14.7 Å². The number of thiophene rings is 1. The first kappa shape index (κ1) is 27.4. The van der Waals surface area contributed by atoms with Crippen molar-refractivity contribution in [2.75, 3.05) is 26.3 Å². The molecule has 1 fully saturated rings. The summed E-state index contributed by atoms with van der Waals surface area (Å²) >= 11 is 1.21. The van der Waals surface area contributed by atoms with Gasteiger partial charge in [-0.3, -0.25) is 9.78 Å². The van der Waals surface area contributed by atoms with Gasteiger partial charge in [-0.25, -0.2) is 13.5 Å². The second-order valence-corrected chi connectivity index (χ2v) is 9.90. The van der Waals surface area contributed by atoms with Gasteiger partial charge in [-0.1, -0.05) is 11.8 Å². The Hall–Kier alpha value is -4.19. The van der Waals surface area contributed by atoms with Gasteiger partial charge in [0.25, 0.3) is 5.91 Å². The molecule has 0 aliphatic carbocycles. The van der Waals surface area contributed by atoms with E-state index in [1.54, 1.807) is 17.0 Å². The van der Waals surface area contributed by atoms with Gasteiger partial charge >= 0.3 is 5.92 Å². The fraction of sp³-hybridized carbons (Fsp3) is 0.269. The third-order valence-corrected chi connectivity index (χ3v) is 7.20. The Morgan fingerprint density at radius 2 is 1.90 bits per heavy atom. The first-order valence-electron chi connectivity index (χ1n) is 11.9. The molecule has 40 heavy (non-hydrogen) atoms. The predicted octanol–water partition coefficient (Wildman–Crippen LogP) is 2.96. The van der Waals surface area contributed by atoms with Crippen molar-refractivity contribution in [3.05, 3.63) is 93.2 Å². The average Bonchev–Trinajstić information content (AvgIpc) is 3.64. The van der Waals surface area contributed by atoms with E-state index in [-0.39, 0.29) is 11.5 Å². The molecule has 3 aromatic heterocycles. The summed E-state index contributed by atoms with van der Waals surface area (Å²) < 4.78 is 65.9. The number of morpholine rings is 1. The maximum atomic E-state index is 15.8. The number of ether oxygens (including phenoxy) is 1. The monoisotopic (exact) mass is 572 g/mol. The van der Waals surface area contributed by atoms with Gasteiger partial charge in [-0.05, 0) is 46.8 Å². The van der Waals surface area contributed by atoms with Crippen LogP contribution in [0.15, 0.2) is 55.0 Å². The van der Waals surface area contributed by atoms with Crippen LogP contribution in [0, 0.1) is 23.5 Å². The number of rotatable bonds is 6. The number of carbonyl (C=O) groups excluding carboxylic acids is 1. The molecule has 1 aliphatic heterocycles. The minimum absolute atomic E-state index is 0.110. The number of carbonyl (C=O) groups is 1. The fourth-order valence-corrected chi connectivity index (χ4v) is 4.93. The number of nitrogens with zero attached hydrogens (tertiary/aromatic N) is 6. The van der Waals surface area contributed by atoms with Gasteiger partial charge in [-0.2, -0.15) is 8.78 Å². The number of hydrogen-bond donors (Lipinski definition) is 1. The SMILES string of the molecule is O=C(c1ccc(C#Cc2ccc(C(F)(F)C(O)(Cn3cnnn3)c3ccc(F)cc3F)nc2)s1)N1CCOCC1. The minimum Gasteiger partial charge on any atom is -0.378 e. The van der Waals surface area contributed by atoms with Gasteiger partial charge in [-0.15, -0.1) is 16.4 Å². The van der Waals surface area contributed by atoms with Gasteiger partial charge in [0.2, 0.25) is 0 Å². The Morgan fingerprint density at radius 1 is 1.10 bits per heavy atom. The van der Waals surface area contributed by atoms with Crippen LogP contribution in [0.25, 0.3) is 0 Å². The number of aromatic nitrogens is 5. The Bertz CT molecular complexity index is 1560. The molecule has 1 N–H and O–H groups in total. The molecule has 0 spiro atoms. The summed E-state index contributed by atoms with van der Waals surface area (Å²) in [4.78, 5) is 19.2. The van der Waals surface area contributed by atoms with Crippen molar-refractivity contribution in [1.82, 2.24) is 30.1 Å². The van der Waals surface area contributed by atoms with Crippen LogP contribution in [-0.4, -0.2) is 67.4 Å². The summed E-state index contributed by atoms with van der Waals surface area (Å²) in [6.07, 6.45) is 2.06. The van der Waals surface area contributed by atoms with Crippen LogP contribution >= 0.6 is 11.3 Å². The van der Waals surface area contributed by atoms with Gasteiger partial charge in [0, 0.05) is 36.5 Å². The Morgan fingerprint density at radius 3 is 2.58 bits per heavy atom. The van der Waals surface area contributed by atoms with Crippen LogP contribution in [-0.2, 0) is 22.8 Å². The minimum atomic E-state index is -4.17. The molecule has 1 atom stereocenters. The molecule has 9 nitrogen and oxygen atoms in total. The molecule has 0 saturated carbocycles. The smallest absolute Gasteiger partial charge is 0.323 e. The number of tetrazole rings is 1. The molecule has 1 amide bonds. The molecule has 0 bridgehead atoms. The lowest BCUT2D eigenvalue weighted by atomic mass is 9.84. The van der Waals surface area contributed by atoms with E-state index >= 15 is 8.78 Å². The third kappa shape index (κ3) is 5.44. The molecule has 5 rings (SSSR count). The van der Waals surface area contributed by atoms with E-state index in [4.69, 9.17) is 4.74 Å². The van der Waals surface area contributed by atoms with Crippen LogP contribution in [0.4, 0.5) is 17.6 Å². The summed E-state index contributed by atoms with van der Waals surface area (Å²) in [5, 5.41) is 21.4. The first-order valence-corrected chi connectivity index (χ1v) is 12.7. The van der Waals surface area contributed by atoms with Crippen molar-refractivity contribution in [2.45, 2.75) is 18.1 Å². The predicted molar refractivity (Wildman–Crippen MR) is 133 cm³/mol. The average molecular weight is 573 g/mol. The lowest BCUT2D eigenvalue weighted by Gasteiger charge is -2.35. The number of aliphatic hydroxyl groups is 1. The highest BCUT2D eigenvalue weighted by Crippen LogP contribution is 2.46.